The summed E-state index contributed by atoms with van der Waals surface area (Å²) in [7, 11) is 0. The van der Waals surface area contributed by atoms with E-state index in [1.165, 1.54) is 61.9 Å². The first-order valence-electron chi connectivity index (χ1n) is 26.7. The Morgan fingerprint density at radius 2 is 0.675 bits per heavy atom. The quantitative estimate of drug-likeness (QED) is 0.160. The monoisotopic (exact) mass is 1050 g/mol. The predicted octanol–water partition coefficient (Wildman–Crippen LogP) is 20.7. The molecule has 12 aromatic carbocycles. The Morgan fingerprint density at radius 3 is 1.27 bits per heavy atom. The van der Waals surface area contributed by atoms with Crippen molar-refractivity contribution in [3.8, 4) is 79.1 Å². The van der Waals surface area contributed by atoms with Crippen LogP contribution in [0.25, 0.3) is 151 Å². The SMILES string of the molecule is N#Cc1cccc(-c2ccc3sc4ccc(-c5ccccc5-n5c6ccccc6c6cc(-c7ccc(-n8c9ccccc9c9ccccc98)c(-c8ccc9sc%10ccc(-c%11ccccc%11C#N)cc%10c9c8)c7)ccc65)cc4c3c2)c1. The fourth-order valence-corrected chi connectivity index (χ4v) is 14.6. The van der Waals surface area contributed by atoms with E-state index in [0.29, 0.717) is 11.1 Å². The fraction of sp³-hybridized carbons (Fsp3) is 0. The van der Waals surface area contributed by atoms with Gasteiger partial charge >= 0.3 is 0 Å². The molecule has 0 aliphatic carbocycles. The van der Waals surface area contributed by atoms with Crippen LogP contribution >= 0.6 is 22.7 Å². The lowest BCUT2D eigenvalue weighted by Gasteiger charge is -2.17. The van der Waals surface area contributed by atoms with E-state index in [0.717, 1.165) is 89.1 Å². The molecule has 6 heteroatoms. The summed E-state index contributed by atoms with van der Waals surface area (Å²) < 4.78 is 9.81. The molecule has 80 heavy (non-hydrogen) atoms. The molecular weight excluding hydrogens is 1010 g/mol. The van der Waals surface area contributed by atoms with E-state index in [4.69, 9.17) is 0 Å². The van der Waals surface area contributed by atoms with Gasteiger partial charge in [0.15, 0.2) is 0 Å². The van der Waals surface area contributed by atoms with Gasteiger partial charge in [0.1, 0.15) is 0 Å². The summed E-state index contributed by atoms with van der Waals surface area (Å²) in [4.78, 5) is 0. The number of hydrogen-bond donors (Lipinski definition) is 0. The minimum atomic E-state index is 0.658. The summed E-state index contributed by atoms with van der Waals surface area (Å²) in [6.07, 6.45) is 0. The minimum Gasteiger partial charge on any atom is -0.309 e. The van der Waals surface area contributed by atoms with Gasteiger partial charge in [0.2, 0.25) is 0 Å². The molecule has 4 nitrogen and oxygen atoms in total. The molecule has 0 aliphatic rings. The van der Waals surface area contributed by atoms with E-state index >= 15 is 0 Å². The van der Waals surface area contributed by atoms with Crippen LogP contribution in [0, 0.1) is 22.7 Å². The van der Waals surface area contributed by atoms with Gasteiger partial charge in [0, 0.05) is 73.0 Å². The molecule has 0 aliphatic heterocycles. The van der Waals surface area contributed by atoms with Crippen molar-refractivity contribution in [3.63, 3.8) is 0 Å². The fourth-order valence-electron chi connectivity index (χ4n) is 12.5. The molecule has 0 atom stereocenters. The summed E-state index contributed by atoms with van der Waals surface area (Å²) in [5.74, 6) is 0. The molecule has 4 aromatic heterocycles. The molecule has 0 fully saturated rings. The third-order valence-corrected chi connectivity index (χ3v) is 18.5. The van der Waals surface area contributed by atoms with E-state index in [-0.39, 0.29) is 0 Å². The van der Waals surface area contributed by atoms with Crippen LogP contribution in [0.15, 0.2) is 255 Å². The van der Waals surface area contributed by atoms with Crippen LogP contribution in [0.1, 0.15) is 11.1 Å². The largest absolute Gasteiger partial charge is 0.309 e. The minimum absolute atomic E-state index is 0.658. The molecule has 0 amide bonds. The predicted molar refractivity (Wildman–Crippen MR) is 338 cm³/mol. The normalized spacial score (nSPS) is 11.7. The summed E-state index contributed by atoms with van der Waals surface area (Å²) in [6.45, 7) is 0. The van der Waals surface area contributed by atoms with Crippen molar-refractivity contribution in [1.82, 2.24) is 9.13 Å². The Morgan fingerprint density at radius 1 is 0.263 bits per heavy atom. The van der Waals surface area contributed by atoms with Gasteiger partial charge in [-0.25, -0.2) is 0 Å². The number of nitriles is 2. The van der Waals surface area contributed by atoms with Crippen molar-refractivity contribution in [3.05, 3.63) is 266 Å². The number of thiophene rings is 2. The molecule has 4 heterocycles. The lowest BCUT2D eigenvalue weighted by atomic mass is 9.94. The van der Waals surface area contributed by atoms with Crippen LogP contribution in [-0.4, -0.2) is 9.13 Å². The molecule has 0 N–H and O–H groups in total. The van der Waals surface area contributed by atoms with Crippen molar-refractivity contribution in [1.29, 1.82) is 10.5 Å². The summed E-state index contributed by atoms with van der Waals surface area (Å²) in [6, 6.07) is 96.7. The number of hydrogen-bond acceptors (Lipinski definition) is 4. The Hall–Kier alpha value is -10.3. The average molecular weight is 1050 g/mol. The Bertz CT molecular complexity index is 5310. The third kappa shape index (κ3) is 7.18. The lowest BCUT2D eigenvalue weighted by Crippen LogP contribution is -1.98. The van der Waals surface area contributed by atoms with Crippen LogP contribution in [0.5, 0.6) is 0 Å². The Balaban J connectivity index is 0.857. The van der Waals surface area contributed by atoms with Crippen molar-refractivity contribution in [2.24, 2.45) is 0 Å². The average Bonchev–Trinajstić information content (AvgIpc) is 4.36. The van der Waals surface area contributed by atoms with E-state index in [1.807, 2.05) is 65.1 Å². The number of para-hydroxylation sites is 4. The highest BCUT2D eigenvalue weighted by molar-refractivity contribution is 7.26. The first kappa shape index (κ1) is 45.8. The molecule has 0 unspecified atom stereocenters. The molecule has 0 saturated carbocycles. The Labute approximate surface area is 468 Å². The highest BCUT2D eigenvalue weighted by Gasteiger charge is 2.21. The van der Waals surface area contributed by atoms with Crippen LogP contribution < -0.4 is 0 Å². The lowest BCUT2D eigenvalue weighted by molar-refractivity contribution is 1.18. The van der Waals surface area contributed by atoms with Crippen molar-refractivity contribution >= 4 is 107 Å². The molecule has 0 bridgehead atoms. The maximum Gasteiger partial charge on any atom is 0.0998 e. The molecule has 0 saturated heterocycles. The van der Waals surface area contributed by atoms with Gasteiger partial charge in [-0.3, -0.25) is 0 Å². The van der Waals surface area contributed by atoms with Gasteiger partial charge in [0.25, 0.3) is 0 Å². The zero-order valence-corrected chi connectivity index (χ0v) is 44.5. The zero-order valence-electron chi connectivity index (χ0n) is 42.9. The van der Waals surface area contributed by atoms with Crippen LogP contribution in [0.3, 0.4) is 0 Å². The summed E-state index contributed by atoms with van der Waals surface area (Å²) in [5, 5.41) is 29.4. The summed E-state index contributed by atoms with van der Waals surface area (Å²) in [5.41, 5.74) is 19.2. The number of aromatic nitrogens is 2. The van der Waals surface area contributed by atoms with Crippen molar-refractivity contribution in [2.45, 2.75) is 0 Å². The topological polar surface area (TPSA) is 57.4 Å². The second kappa shape index (κ2) is 18.1. The maximum atomic E-state index is 10.1. The zero-order chi connectivity index (χ0) is 53.0. The third-order valence-electron chi connectivity index (χ3n) is 16.2. The van der Waals surface area contributed by atoms with Gasteiger partial charge in [0.05, 0.1) is 56.7 Å². The maximum absolute atomic E-state index is 10.1. The van der Waals surface area contributed by atoms with E-state index in [2.05, 4.69) is 234 Å². The second-order valence-electron chi connectivity index (χ2n) is 20.6. The van der Waals surface area contributed by atoms with Gasteiger partial charge in [-0.2, -0.15) is 10.5 Å². The first-order chi connectivity index (χ1) is 39.5. The number of benzene rings is 12. The smallest absolute Gasteiger partial charge is 0.0998 e. The van der Waals surface area contributed by atoms with Crippen LogP contribution in [-0.2, 0) is 0 Å². The van der Waals surface area contributed by atoms with Crippen LogP contribution in [0.2, 0.25) is 0 Å². The van der Waals surface area contributed by atoms with Gasteiger partial charge in [-0.05, 0) is 160 Å². The van der Waals surface area contributed by atoms with Gasteiger partial charge in [-0.1, -0.05) is 140 Å². The van der Waals surface area contributed by atoms with Crippen LogP contribution in [0.4, 0.5) is 0 Å². The number of rotatable bonds is 7. The molecular formula is C74H42N4S2. The highest BCUT2D eigenvalue weighted by Crippen LogP contribution is 2.45. The van der Waals surface area contributed by atoms with Crippen molar-refractivity contribution < 1.29 is 0 Å². The molecule has 0 radical (unpaired) electrons. The number of nitrogens with zero attached hydrogens (tertiary/aromatic N) is 4. The van der Waals surface area contributed by atoms with Gasteiger partial charge in [-0.15, -0.1) is 22.7 Å². The molecule has 16 rings (SSSR count). The molecule has 0 spiro atoms. The van der Waals surface area contributed by atoms with E-state index in [9.17, 15) is 10.5 Å². The van der Waals surface area contributed by atoms with Gasteiger partial charge < -0.3 is 9.13 Å². The first-order valence-corrected chi connectivity index (χ1v) is 28.4. The molecule has 16 aromatic rings. The standard InChI is InChI=1S/C74H42N4S2/c75-43-45-12-11-14-46(36-45)49-26-32-71-61(39-49)63-41-51(28-34-73(63)79-71)55-16-3-7-20-65(55)77-68-23-10-6-19-58(68)60-38-48(25-31-70(60)77)47-24-30-69(78-66-21-8-4-17-56(66)57-18-5-9-22-67(57)78)59(37-47)52-29-35-74-64(42-52)62-40-50(27-33-72(62)80-74)54-15-2-1-13-53(54)44-76/h1-42H. The van der Waals surface area contributed by atoms with E-state index < -0.39 is 0 Å². The number of fused-ring (bicyclic) bond motifs is 12. The molecule has 370 valence electrons. The second-order valence-corrected chi connectivity index (χ2v) is 22.8. The Kier molecular flexibility index (Phi) is 10.4. The van der Waals surface area contributed by atoms with Crippen molar-refractivity contribution in [2.75, 3.05) is 0 Å². The highest BCUT2D eigenvalue weighted by atomic mass is 32.1. The summed E-state index contributed by atoms with van der Waals surface area (Å²) >= 11 is 3.63. The van der Waals surface area contributed by atoms with E-state index in [1.54, 1.807) is 0 Å².